The molecule has 0 saturated heterocycles. The average molecular weight is 571 g/mol. The Hall–Kier alpha value is -3.58. The number of carbonyl (C=O) groups excluding carboxylic acids is 2. The number of nitrogens with one attached hydrogen (secondary N) is 2. The normalized spacial score (nSPS) is 15.6. The van der Waals surface area contributed by atoms with Crippen molar-refractivity contribution >= 4 is 29.1 Å². The molecular weight excluding hydrogens is 551 g/mol. The van der Waals surface area contributed by atoms with E-state index in [1.807, 2.05) is 0 Å². The fraction of sp³-hybridized carbons (Fsp3) is 0.231. The summed E-state index contributed by atoms with van der Waals surface area (Å²) < 4.78 is 72.7. The number of ether oxygens (including phenoxy) is 1. The smallest absolute Gasteiger partial charge is 0.394 e. The number of alkyl halides is 3. The minimum atomic E-state index is -4.92. The van der Waals surface area contributed by atoms with E-state index in [0.29, 0.717) is 12.1 Å². The van der Waals surface area contributed by atoms with Gasteiger partial charge in [0.05, 0.1) is 31.4 Å². The number of fused-ring (bicyclic) bond motifs is 1. The number of rotatable bonds is 8. The summed E-state index contributed by atoms with van der Waals surface area (Å²) in [5, 5.41) is 24.5. The van der Waals surface area contributed by atoms with E-state index in [-0.39, 0.29) is 58.9 Å². The Kier molecular flexibility index (Phi) is 8.21. The number of halogens is 6. The maximum absolute atomic E-state index is 14.1. The number of hydrogen-bond acceptors (Lipinski definition) is 5. The van der Waals surface area contributed by atoms with Gasteiger partial charge in [0, 0.05) is 33.0 Å². The fourth-order valence-corrected chi connectivity index (χ4v) is 4.38. The maximum atomic E-state index is 14.1. The van der Waals surface area contributed by atoms with Crippen LogP contribution in [0, 0.1) is 11.6 Å². The molecule has 0 saturated carbocycles. The van der Waals surface area contributed by atoms with Gasteiger partial charge in [0.1, 0.15) is 17.7 Å². The Morgan fingerprint density at radius 1 is 1.10 bits per heavy atom. The molecule has 0 fully saturated rings. The molecule has 0 aromatic heterocycles. The van der Waals surface area contributed by atoms with Gasteiger partial charge in [0.15, 0.2) is 0 Å². The van der Waals surface area contributed by atoms with Crippen molar-refractivity contribution in [1.29, 1.82) is 0 Å². The van der Waals surface area contributed by atoms with E-state index in [1.54, 1.807) is 0 Å². The van der Waals surface area contributed by atoms with Crippen LogP contribution in [0.4, 0.5) is 27.6 Å². The first kappa shape index (κ1) is 28.4. The van der Waals surface area contributed by atoms with Crippen LogP contribution in [0.3, 0.4) is 0 Å². The highest BCUT2D eigenvalue weighted by molar-refractivity contribution is 6.31. The second-order valence-corrected chi connectivity index (χ2v) is 9.00. The van der Waals surface area contributed by atoms with Crippen LogP contribution in [0.15, 0.2) is 48.5 Å². The van der Waals surface area contributed by atoms with Gasteiger partial charge in [0.25, 0.3) is 11.8 Å². The summed E-state index contributed by atoms with van der Waals surface area (Å²) in [4.78, 5) is 25.9. The van der Waals surface area contributed by atoms with Crippen molar-refractivity contribution in [2.45, 2.75) is 18.3 Å². The molecule has 0 aliphatic carbocycles. The molecule has 13 heteroatoms. The first-order valence-electron chi connectivity index (χ1n) is 11.4. The summed E-state index contributed by atoms with van der Waals surface area (Å²) in [6, 6.07) is 6.22. The van der Waals surface area contributed by atoms with Crippen LogP contribution in [0.1, 0.15) is 55.1 Å². The largest absolute Gasteiger partial charge is 0.416 e. The Morgan fingerprint density at radius 2 is 1.85 bits per heavy atom. The third-order valence-electron chi connectivity index (χ3n) is 5.91. The van der Waals surface area contributed by atoms with Crippen LogP contribution in [-0.2, 0) is 10.9 Å². The Balaban J connectivity index is 1.81. The lowest BCUT2D eigenvalue weighted by atomic mass is 9.93. The first-order valence-corrected chi connectivity index (χ1v) is 11.8. The van der Waals surface area contributed by atoms with Crippen molar-refractivity contribution in [2.75, 3.05) is 25.1 Å². The number of aliphatic hydroxyl groups is 2. The van der Waals surface area contributed by atoms with E-state index in [2.05, 4.69) is 10.6 Å². The second-order valence-electron chi connectivity index (χ2n) is 8.60. The molecule has 1 heterocycles. The summed E-state index contributed by atoms with van der Waals surface area (Å²) in [6.07, 6.45) is -6.26. The molecule has 3 aromatic rings. The van der Waals surface area contributed by atoms with Crippen molar-refractivity contribution < 1.29 is 46.5 Å². The molecule has 2 amide bonds. The molecule has 4 N–H and O–H groups in total. The molecule has 206 valence electrons. The average Bonchev–Trinajstić information content (AvgIpc) is 3.21. The minimum absolute atomic E-state index is 0.0374. The van der Waals surface area contributed by atoms with Gasteiger partial charge in [-0.25, -0.2) is 8.78 Å². The number of hydrogen-bond donors (Lipinski definition) is 4. The standard InChI is InChI=1S/C26H20ClF5N2O5/c27-19-2-1-15(28)10-17(19)23-22-18(25(38)34-23)7-12(21(36)11-39-4-3-35)8-20(22)33-24(37)13-5-14(26(30,31)32)9-16(29)6-13/h1-2,5-10,21,23,35-36H,3-4,11H2,(H,33,37)(H,34,38). The molecular formula is C26H20ClF5N2O5. The number of benzene rings is 3. The lowest BCUT2D eigenvalue weighted by molar-refractivity contribution is -0.137. The van der Waals surface area contributed by atoms with Gasteiger partial charge < -0.3 is 25.6 Å². The van der Waals surface area contributed by atoms with Crippen LogP contribution in [0.2, 0.25) is 5.02 Å². The summed E-state index contributed by atoms with van der Waals surface area (Å²) >= 11 is 6.24. The predicted molar refractivity (Wildman–Crippen MR) is 129 cm³/mol. The van der Waals surface area contributed by atoms with Crippen LogP contribution in [-0.4, -0.2) is 41.8 Å². The zero-order valence-electron chi connectivity index (χ0n) is 19.8. The second kappa shape index (κ2) is 11.3. The molecule has 3 aromatic carbocycles. The van der Waals surface area contributed by atoms with Crippen LogP contribution < -0.4 is 10.6 Å². The number of amides is 2. The van der Waals surface area contributed by atoms with Crippen molar-refractivity contribution in [3.05, 3.63) is 98.6 Å². The summed E-state index contributed by atoms with van der Waals surface area (Å²) in [5.74, 6) is -3.78. The highest BCUT2D eigenvalue weighted by Gasteiger charge is 2.36. The van der Waals surface area contributed by atoms with E-state index in [0.717, 1.165) is 12.1 Å². The molecule has 0 radical (unpaired) electrons. The van der Waals surface area contributed by atoms with Gasteiger partial charge >= 0.3 is 6.18 Å². The summed E-state index contributed by atoms with van der Waals surface area (Å²) in [6.45, 7) is -0.704. The van der Waals surface area contributed by atoms with Crippen molar-refractivity contribution in [3.63, 3.8) is 0 Å². The van der Waals surface area contributed by atoms with Crippen molar-refractivity contribution in [2.24, 2.45) is 0 Å². The number of anilines is 1. The highest BCUT2D eigenvalue weighted by atomic mass is 35.5. The van der Waals surface area contributed by atoms with E-state index < -0.39 is 52.9 Å². The third-order valence-corrected chi connectivity index (χ3v) is 6.26. The highest BCUT2D eigenvalue weighted by Crippen LogP contribution is 2.41. The SMILES string of the molecule is O=C(Nc1cc(C(O)COCCO)cc2c1C(c1cc(F)ccc1Cl)NC2=O)c1cc(F)cc(C(F)(F)F)c1. The number of aliphatic hydroxyl groups excluding tert-OH is 2. The summed E-state index contributed by atoms with van der Waals surface area (Å²) in [5.41, 5.74) is -1.90. The van der Waals surface area contributed by atoms with Crippen LogP contribution in [0.25, 0.3) is 0 Å². The molecule has 1 aliphatic heterocycles. The molecule has 0 bridgehead atoms. The van der Waals surface area contributed by atoms with E-state index in [9.17, 15) is 36.6 Å². The van der Waals surface area contributed by atoms with Gasteiger partial charge in [-0.15, -0.1) is 0 Å². The lowest BCUT2D eigenvalue weighted by Gasteiger charge is -2.20. The molecule has 2 unspecified atom stereocenters. The molecule has 4 rings (SSSR count). The zero-order valence-corrected chi connectivity index (χ0v) is 20.5. The molecule has 2 atom stereocenters. The molecule has 39 heavy (non-hydrogen) atoms. The number of carbonyl (C=O) groups is 2. The van der Waals surface area contributed by atoms with Crippen molar-refractivity contribution in [3.8, 4) is 0 Å². The topological polar surface area (TPSA) is 108 Å². The Bertz CT molecular complexity index is 1430. The fourth-order valence-electron chi connectivity index (χ4n) is 4.15. The monoisotopic (exact) mass is 570 g/mol. The van der Waals surface area contributed by atoms with Gasteiger partial charge in [-0.2, -0.15) is 13.2 Å². The summed E-state index contributed by atoms with van der Waals surface area (Å²) in [7, 11) is 0. The van der Waals surface area contributed by atoms with E-state index in [4.69, 9.17) is 21.4 Å². The van der Waals surface area contributed by atoms with Gasteiger partial charge in [0.2, 0.25) is 0 Å². The zero-order chi connectivity index (χ0) is 28.5. The van der Waals surface area contributed by atoms with Crippen LogP contribution in [0.5, 0.6) is 0 Å². The predicted octanol–water partition coefficient (Wildman–Crippen LogP) is 4.76. The quantitative estimate of drug-likeness (QED) is 0.231. The Morgan fingerprint density at radius 3 is 2.54 bits per heavy atom. The van der Waals surface area contributed by atoms with Gasteiger partial charge in [-0.3, -0.25) is 9.59 Å². The third kappa shape index (κ3) is 6.19. The van der Waals surface area contributed by atoms with E-state index >= 15 is 0 Å². The lowest BCUT2D eigenvalue weighted by Crippen LogP contribution is -2.21. The van der Waals surface area contributed by atoms with Gasteiger partial charge in [-0.05, 0) is 54.1 Å². The van der Waals surface area contributed by atoms with Gasteiger partial charge in [-0.1, -0.05) is 11.6 Å². The maximum Gasteiger partial charge on any atom is 0.416 e. The minimum Gasteiger partial charge on any atom is -0.394 e. The molecule has 7 nitrogen and oxygen atoms in total. The van der Waals surface area contributed by atoms with Crippen molar-refractivity contribution in [1.82, 2.24) is 5.32 Å². The molecule has 0 spiro atoms. The first-order chi connectivity index (χ1) is 18.4. The van der Waals surface area contributed by atoms with E-state index in [1.165, 1.54) is 18.2 Å². The van der Waals surface area contributed by atoms with Crippen LogP contribution >= 0.6 is 11.6 Å². The molecule has 1 aliphatic rings. The Labute approximate surface area is 223 Å².